The van der Waals surface area contributed by atoms with Gasteiger partial charge in [0.2, 0.25) is 15.9 Å². The summed E-state index contributed by atoms with van der Waals surface area (Å²) < 4.78 is 32.7. The molecule has 4 rings (SSSR count). The fraction of sp³-hybridized carbons (Fsp3) is 0.731. The lowest BCUT2D eigenvalue weighted by molar-refractivity contribution is -0.133. The van der Waals surface area contributed by atoms with Crippen molar-refractivity contribution < 1.29 is 17.9 Å². The molecule has 0 aromatic heterocycles. The molecule has 33 heavy (non-hydrogen) atoms. The molecule has 0 radical (unpaired) electrons. The Morgan fingerprint density at radius 1 is 1.09 bits per heavy atom. The van der Waals surface area contributed by atoms with Gasteiger partial charge in [-0.25, -0.2) is 12.7 Å². The van der Waals surface area contributed by atoms with Crippen LogP contribution >= 0.6 is 0 Å². The summed E-state index contributed by atoms with van der Waals surface area (Å²) in [6.45, 7) is 9.04. The van der Waals surface area contributed by atoms with Gasteiger partial charge < -0.3 is 9.64 Å². The van der Waals surface area contributed by atoms with Gasteiger partial charge in [-0.2, -0.15) is 0 Å². The van der Waals surface area contributed by atoms with Crippen LogP contribution in [0, 0.1) is 11.8 Å². The SMILES string of the molecule is CCCS(=O)(=O)N1CCC(c2ccc3c(c2)CC(C2CCN(C(=O)CC(C)C)CC2)O3)CC1. The Labute approximate surface area is 199 Å². The van der Waals surface area contributed by atoms with Gasteiger partial charge >= 0.3 is 0 Å². The van der Waals surface area contributed by atoms with E-state index in [1.807, 2.05) is 11.8 Å². The molecular weight excluding hydrogens is 436 g/mol. The van der Waals surface area contributed by atoms with Gasteiger partial charge in [-0.1, -0.05) is 32.9 Å². The maximum absolute atomic E-state index is 12.4. The van der Waals surface area contributed by atoms with Gasteiger partial charge in [0.15, 0.2) is 0 Å². The molecule has 1 aromatic rings. The molecule has 3 heterocycles. The average molecular weight is 477 g/mol. The van der Waals surface area contributed by atoms with E-state index in [0.29, 0.717) is 43.7 Å². The van der Waals surface area contributed by atoms with Crippen molar-refractivity contribution in [2.75, 3.05) is 31.9 Å². The molecular formula is C26H40N2O4S. The second-order valence-corrected chi connectivity index (χ2v) is 12.6. The fourth-order valence-electron chi connectivity index (χ4n) is 5.67. The number of benzene rings is 1. The van der Waals surface area contributed by atoms with Crippen molar-refractivity contribution in [3.8, 4) is 5.75 Å². The maximum Gasteiger partial charge on any atom is 0.222 e. The molecule has 6 nitrogen and oxygen atoms in total. The summed E-state index contributed by atoms with van der Waals surface area (Å²) in [5, 5.41) is 0. The van der Waals surface area contributed by atoms with Crippen molar-refractivity contribution in [1.29, 1.82) is 0 Å². The Kier molecular flexibility index (Phi) is 7.69. The van der Waals surface area contributed by atoms with Gasteiger partial charge in [0.1, 0.15) is 11.9 Å². The number of sulfonamides is 1. The number of nitrogens with zero attached hydrogens (tertiary/aromatic N) is 2. The number of carbonyl (C=O) groups excluding carboxylic acids is 1. The Morgan fingerprint density at radius 3 is 2.42 bits per heavy atom. The van der Waals surface area contributed by atoms with Crippen LogP contribution in [0.15, 0.2) is 18.2 Å². The van der Waals surface area contributed by atoms with Gasteiger partial charge in [0, 0.05) is 39.0 Å². The molecule has 0 saturated carbocycles. The van der Waals surface area contributed by atoms with Crippen LogP contribution < -0.4 is 4.74 Å². The van der Waals surface area contributed by atoms with Gasteiger partial charge in [-0.05, 0) is 67.1 Å². The van der Waals surface area contributed by atoms with Crippen LogP contribution in [0.25, 0.3) is 0 Å². The number of fused-ring (bicyclic) bond motifs is 1. The second kappa shape index (κ2) is 10.3. The minimum atomic E-state index is -3.10. The van der Waals surface area contributed by atoms with Gasteiger partial charge in [-0.3, -0.25) is 4.79 Å². The van der Waals surface area contributed by atoms with Gasteiger partial charge in [0.05, 0.1) is 5.75 Å². The smallest absolute Gasteiger partial charge is 0.222 e. The Bertz CT molecular complexity index is 930. The Balaban J connectivity index is 1.30. The molecule has 0 spiro atoms. The van der Waals surface area contributed by atoms with Crippen molar-refractivity contribution in [2.45, 2.75) is 77.7 Å². The zero-order chi connectivity index (χ0) is 23.6. The van der Waals surface area contributed by atoms with E-state index in [2.05, 4.69) is 32.0 Å². The maximum atomic E-state index is 12.4. The highest BCUT2D eigenvalue weighted by Gasteiger charge is 2.35. The molecule has 1 atom stereocenters. The molecule has 1 amide bonds. The molecule has 1 aromatic carbocycles. The van der Waals surface area contributed by atoms with E-state index in [4.69, 9.17) is 4.74 Å². The quantitative estimate of drug-likeness (QED) is 0.592. The number of piperidine rings is 2. The van der Waals surface area contributed by atoms with Crippen LogP contribution in [0.2, 0.25) is 0 Å². The van der Waals surface area contributed by atoms with E-state index >= 15 is 0 Å². The average Bonchev–Trinajstić information content (AvgIpc) is 3.22. The molecule has 7 heteroatoms. The lowest BCUT2D eigenvalue weighted by atomic mass is 9.86. The third kappa shape index (κ3) is 5.73. The fourth-order valence-corrected chi connectivity index (χ4v) is 7.21. The van der Waals surface area contributed by atoms with E-state index in [9.17, 15) is 13.2 Å². The van der Waals surface area contributed by atoms with E-state index in [1.54, 1.807) is 4.31 Å². The highest BCUT2D eigenvalue weighted by molar-refractivity contribution is 7.89. The third-order valence-electron chi connectivity index (χ3n) is 7.57. The highest BCUT2D eigenvalue weighted by atomic mass is 32.2. The largest absolute Gasteiger partial charge is 0.490 e. The number of rotatable bonds is 7. The molecule has 0 bridgehead atoms. The van der Waals surface area contributed by atoms with Crippen LogP contribution in [0.5, 0.6) is 5.75 Å². The first-order valence-electron chi connectivity index (χ1n) is 12.8. The molecule has 1 unspecified atom stereocenters. The summed E-state index contributed by atoms with van der Waals surface area (Å²) >= 11 is 0. The first-order chi connectivity index (χ1) is 15.8. The molecule has 0 aliphatic carbocycles. The van der Waals surface area contributed by atoms with Crippen LogP contribution in [0.4, 0.5) is 0 Å². The predicted octanol–water partition coefficient (Wildman–Crippen LogP) is 4.19. The van der Waals surface area contributed by atoms with Crippen molar-refractivity contribution in [3.63, 3.8) is 0 Å². The zero-order valence-corrected chi connectivity index (χ0v) is 21.3. The number of amides is 1. The van der Waals surface area contributed by atoms with Crippen molar-refractivity contribution in [2.24, 2.45) is 11.8 Å². The summed E-state index contributed by atoms with van der Waals surface area (Å²) in [4.78, 5) is 14.4. The van der Waals surface area contributed by atoms with Crippen LogP contribution in [0.3, 0.4) is 0 Å². The second-order valence-electron chi connectivity index (χ2n) is 10.5. The monoisotopic (exact) mass is 476 g/mol. The molecule has 3 aliphatic heterocycles. The molecule has 184 valence electrons. The topological polar surface area (TPSA) is 66.9 Å². The van der Waals surface area contributed by atoms with Gasteiger partial charge in [-0.15, -0.1) is 0 Å². The number of carbonyl (C=O) groups is 1. The van der Waals surface area contributed by atoms with E-state index in [1.165, 1.54) is 11.1 Å². The lowest BCUT2D eigenvalue weighted by Gasteiger charge is -2.34. The van der Waals surface area contributed by atoms with Gasteiger partial charge in [0.25, 0.3) is 0 Å². The number of hydrogen-bond donors (Lipinski definition) is 0. The van der Waals surface area contributed by atoms with Crippen molar-refractivity contribution >= 4 is 15.9 Å². The van der Waals surface area contributed by atoms with Crippen molar-refractivity contribution in [3.05, 3.63) is 29.3 Å². The summed E-state index contributed by atoms with van der Waals surface area (Å²) in [7, 11) is -3.10. The Morgan fingerprint density at radius 2 is 1.79 bits per heavy atom. The minimum Gasteiger partial charge on any atom is -0.490 e. The molecule has 2 fully saturated rings. The first-order valence-corrected chi connectivity index (χ1v) is 14.4. The molecule has 2 saturated heterocycles. The third-order valence-corrected chi connectivity index (χ3v) is 9.64. The number of likely N-dealkylation sites (tertiary alicyclic amines) is 1. The first kappa shape index (κ1) is 24.5. The number of ether oxygens (including phenoxy) is 1. The van der Waals surface area contributed by atoms with Crippen molar-refractivity contribution in [1.82, 2.24) is 9.21 Å². The predicted molar refractivity (Wildman–Crippen MR) is 131 cm³/mol. The summed E-state index contributed by atoms with van der Waals surface area (Å²) in [6.07, 6.45) is 6.25. The standard InChI is InChI=1S/C26H40N2O4S/c1-4-15-33(30,31)28-13-9-20(10-14-28)22-5-6-24-23(17-22)18-25(32-24)21-7-11-27(12-8-21)26(29)16-19(2)3/h5-6,17,19-21,25H,4,7-16,18H2,1-3H3. The highest BCUT2D eigenvalue weighted by Crippen LogP contribution is 2.38. The zero-order valence-electron chi connectivity index (χ0n) is 20.5. The summed E-state index contributed by atoms with van der Waals surface area (Å²) in [5.74, 6) is 2.86. The summed E-state index contributed by atoms with van der Waals surface area (Å²) in [6, 6.07) is 6.60. The van der Waals surface area contributed by atoms with Crippen LogP contribution in [-0.4, -0.2) is 61.6 Å². The lowest BCUT2D eigenvalue weighted by Crippen LogP contribution is -2.42. The minimum absolute atomic E-state index is 0.207. The van der Waals surface area contributed by atoms with Crippen LogP contribution in [0.1, 0.15) is 76.3 Å². The van der Waals surface area contributed by atoms with E-state index < -0.39 is 10.0 Å². The van der Waals surface area contributed by atoms with Crippen LogP contribution in [-0.2, 0) is 21.2 Å². The molecule has 0 N–H and O–H groups in total. The normalized spacial score (nSPS) is 23.0. The van der Waals surface area contributed by atoms with E-state index in [-0.39, 0.29) is 17.8 Å². The number of hydrogen-bond acceptors (Lipinski definition) is 4. The Hall–Kier alpha value is -1.60. The van der Waals surface area contributed by atoms with E-state index in [0.717, 1.165) is 50.9 Å². The summed E-state index contributed by atoms with van der Waals surface area (Å²) in [5.41, 5.74) is 2.61. The molecule has 3 aliphatic rings.